The Morgan fingerprint density at radius 3 is 2.52 bits per heavy atom. The van der Waals surface area contributed by atoms with Crippen LogP contribution in [0.15, 0.2) is 41.8 Å². The van der Waals surface area contributed by atoms with Crippen LogP contribution in [0.25, 0.3) is 6.08 Å². The minimum absolute atomic E-state index is 0.330. The molecule has 2 N–H and O–H groups in total. The van der Waals surface area contributed by atoms with Crippen molar-refractivity contribution >= 4 is 46.8 Å². The third-order valence-electron chi connectivity index (χ3n) is 3.04. The normalized spacial score (nSPS) is 10.5. The van der Waals surface area contributed by atoms with Gasteiger partial charge >= 0.3 is 5.97 Å². The van der Waals surface area contributed by atoms with E-state index in [1.807, 2.05) is 18.4 Å². The van der Waals surface area contributed by atoms with Crippen molar-refractivity contribution in [2.75, 3.05) is 6.61 Å². The first-order valence-electron chi connectivity index (χ1n) is 7.19. The van der Waals surface area contributed by atoms with Crippen molar-refractivity contribution in [2.45, 2.75) is 6.92 Å². The molecule has 1 aromatic heterocycles. The van der Waals surface area contributed by atoms with E-state index in [0.717, 1.165) is 10.4 Å². The van der Waals surface area contributed by atoms with Crippen molar-refractivity contribution in [3.8, 4) is 0 Å². The minimum Gasteiger partial charge on any atom is -0.452 e. The zero-order chi connectivity index (χ0) is 18.2. The van der Waals surface area contributed by atoms with Gasteiger partial charge in [0.2, 0.25) is 0 Å². The lowest BCUT2D eigenvalue weighted by molar-refractivity contribution is -0.144. The zero-order valence-electron chi connectivity index (χ0n) is 13.2. The first kappa shape index (κ1) is 18.7. The summed E-state index contributed by atoms with van der Waals surface area (Å²) in [6, 6.07) is 8.08. The molecule has 0 atom stereocenters. The Morgan fingerprint density at radius 2 is 1.88 bits per heavy atom. The maximum Gasteiger partial charge on any atom is 0.331 e. The van der Waals surface area contributed by atoms with E-state index < -0.39 is 24.4 Å². The smallest absolute Gasteiger partial charge is 0.331 e. The van der Waals surface area contributed by atoms with Crippen LogP contribution >= 0.6 is 22.9 Å². The molecule has 0 unspecified atom stereocenters. The lowest BCUT2D eigenvalue weighted by atomic mass is 10.2. The van der Waals surface area contributed by atoms with Gasteiger partial charge < -0.3 is 4.74 Å². The molecule has 0 saturated heterocycles. The summed E-state index contributed by atoms with van der Waals surface area (Å²) in [6.45, 7) is 1.42. The number of thiophene rings is 1. The molecule has 0 aliphatic carbocycles. The predicted molar refractivity (Wildman–Crippen MR) is 96.1 cm³/mol. The van der Waals surface area contributed by atoms with Crippen LogP contribution in [0.1, 0.15) is 20.8 Å². The predicted octanol–water partition coefficient (Wildman–Crippen LogP) is 2.73. The van der Waals surface area contributed by atoms with E-state index in [4.69, 9.17) is 16.3 Å². The Hall–Kier alpha value is -2.64. The monoisotopic (exact) mass is 378 g/mol. The Kier molecular flexibility index (Phi) is 6.73. The summed E-state index contributed by atoms with van der Waals surface area (Å²) in [6.07, 6.45) is 2.88. The molecular weight excluding hydrogens is 364 g/mol. The highest BCUT2D eigenvalue weighted by Crippen LogP contribution is 2.16. The Bertz CT molecular complexity index is 799. The van der Waals surface area contributed by atoms with E-state index in [1.54, 1.807) is 18.2 Å². The number of amides is 2. The first-order valence-corrected chi connectivity index (χ1v) is 8.45. The Balaban J connectivity index is 1.72. The molecule has 130 valence electrons. The van der Waals surface area contributed by atoms with Crippen molar-refractivity contribution in [1.29, 1.82) is 0 Å². The topological polar surface area (TPSA) is 84.5 Å². The number of rotatable bonds is 5. The molecule has 2 aromatic rings. The molecule has 2 amide bonds. The number of aryl methyl sites for hydroxylation is 1. The number of nitrogens with one attached hydrogen (secondary N) is 2. The number of hydrogen-bond donors (Lipinski definition) is 2. The molecule has 0 saturated carbocycles. The zero-order valence-corrected chi connectivity index (χ0v) is 14.8. The second kappa shape index (κ2) is 9.00. The van der Waals surface area contributed by atoms with Crippen molar-refractivity contribution < 1.29 is 19.1 Å². The number of halogens is 1. The van der Waals surface area contributed by atoms with E-state index in [2.05, 4.69) is 10.9 Å². The SMILES string of the molecule is Cc1ccsc1/C=C/C(=O)OCC(=O)NNC(=O)c1ccc(Cl)cc1. The molecule has 2 rings (SSSR count). The summed E-state index contributed by atoms with van der Waals surface area (Å²) in [5.41, 5.74) is 5.76. The Morgan fingerprint density at radius 1 is 1.16 bits per heavy atom. The molecular formula is C17H15ClN2O4S. The number of hydrazine groups is 1. The second-order valence-electron chi connectivity index (χ2n) is 4.92. The minimum atomic E-state index is -0.656. The third kappa shape index (κ3) is 6.06. The highest BCUT2D eigenvalue weighted by Gasteiger charge is 2.09. The fourth-order valence-corrected chi connectivity index (χ4v) is 2.67. The molecule has 0 radical (unpaired) electrons. The molecule has 25 heavy (non-hydrogen) atoms. The van der Waals surface area contributed by atoms with Crippen LogP contribution < -0.4 is 10.9 Å². The summed E-state index contributed by atoms with van der Waals surface area (Å²) in [4.78, 5) is 35.9. The summed E-state index contributed by atoms with van der Waals surface area (Å²) in [5.74, 6) is -1.81. The van der Waals surface area contributed by atoms with Crippen LogP contribution in [0.2, 0.25) is 5.02 Å². The van der Waals surface area contributed by atoms with Gasteiger partial charge in [0.15, 0.2) is 6.61 Å². The van der Waals surface area contributed by atoms with Gasteiger partial charge in [-0.15, -0.1) is 11.3 Å². The maximum atomic E-state index is 11.8. The van der Waals surface area contributed by atoms with Gasteiger partial charge in [-0.3, -0.25) is 20.4 Å². The van der Waals surface area contributed by atoms with Gasteiger partial charge in [0.1, 0.15) is 0 Å². The summed E-state index contributed by atoms with van der Waals surface area (Å²) >= 11 is 7.22. The Labute approximate surface area is 153 Å². The summed E-state index contributed by atoms with van der Waals surface area (Å²) in [5, 5.41) is 2.41. The standard InChI is InChI=1S/C17H15ClN2O4S/c1-11-8-9-25-14(11)6-7-16(22)24-10-15(21)19-20-17(23)12-2-4-13(18)5-3-12/h2-9H,10H2,1H3,(H,19,21)(H,20,23)/b7-6+. The van der Waals surface area contributed by atoms with Crippen LogP contribution in [0.4, 0.5) is 0 Å². The summed E-state index contributed by atoms with van der Waals surface area (Å²) in [7, 11) is 0. The lowest BCUT2D eigenvalue weighted by Gasteiger charge is -2.07. The molecule has 0 spiro atoms. The molecule has 0 aliphatic heterocycles. The van der Waals surface area contributed by atoms with Gasteiger partial charge in [0.25, 0.3) is 11.8 Å². The van der Waals surface area contributed by atoms with Crippen LogP contribution in [-0.4, -0.2) is 24.4 Å². The van der Waals surface area contributed by atoms with Crippen LogP contribution in [0, 0.1) is 6.92 Å². The van der Waals surface area contributed by atoms with Gasteiger partial charge in [0.05, 0.1) is 0 Å². The van der Waals surface area contributed by atoms with E-state index in [1.165, 1.54) is 29.5 Å². The molecule has 0 bridgehead atoms. The number of ether oxygens (including phenoxy) is 1. The van der Waals surface area contributed by atoms with E-state index in [-0.39, 0.29) is 0 Å². The molecule has 0 fully saturated rings. The van der Waals surface area contributed by atoms with Crippen molar-refractivity contribution in [1.82, 2.24) is 10.9 Å². The first-order chi connectivity index (χ1) is 12.0. The quantitative estimate of drug-likeness (QED) is 0.476. The van der Waals surface area contributed by atoms with Gasteiger partial charge in [-0.25, -0.2) is 4.79 Å². The van der Waals surface area contributed by atoms with Gasteiger partial charge in [0, 0.05) is 21.5 Å². The van der Waals surface area contributed by atoms with Crippen LogP contribution in [-0.2, 0) is 14.3 Å². The number of esters is 1. The van der Waals surface area contributed by atoms with Gasteiger partial charge in [-0.05, 0) is 54.3 Å². The second-order valence-corrected chi connectivity index (χ2v) is 6.30. The summed E-state index contributed by atoms with van der Waals surface area (Å²) < 4.78 is 4.79. The fraction of sp³-hybridized carbons (Fsp3) is 0.118. The van der Waals surface area contributed by atoms with E-state index >= 15 is 0 Å². The van der Waals surface area contributed by atoms with Crippen molar-refractivity contribution in [2.24, 2.45) is 0 Å². The molecule has 6 nitrogen and oxygen atoms in total. The van der Waals surface area contributed by atoms with Crippen LogP contribution in [0.5, 0.6) is 0 Å². The molecule has 0 aliphatic rings. The number of benzene rings is 1. The van der Waals surface area contributed by atoms with Gasteiger partial charge in [-0.1, -0.05) is 11.6 Å². The highest BCUT2D eigenvalue weighted by molar-refractivity contribution is 7.11. The molecule has 1 heterocycles. The molecule has 8 heteroatoms. The number of carbonyl (C=O) groups excluding carboxylic acids is 3. The highest BCUT2D eigenvalue weighted by atomic mass is 35.5. The maximum absolute atomic E-state index is 11.8. The van der Waals surface area contributed by atoms with E-state index in [9.17, 15) is 14.4 Å². The average Bonchev–Trinajstić information content (AvgIpc) is 3.01. The molecule has 1 aromatic carbocycles. The average molecular weight is 379 g/mol. The lowest BCUT2D eigenvalue weighted by Crippen LogP contribution is -2.43. The third-order valence-corrected chi connectivity index (χ3v) is 4.28. The van der Waals surface area contributed by atoms with Crippen molar-refractivity contribution in [3.63, 3.8) is 0 Å². The van der Waals surface area contributed by atoms with Gasteiger partial charge in [-0.2, -0.15) is 0 Å². The largest absolute Gasteiger partial charge is 0.452 e. The number of carbonyl (C=O) groups is 3. The van der Waals surface area contributed by atoms with Crippen molar-refractivity contribution in [3.05, 3.63) is 62.8 Å². The number of hydrogen-bond acceptors (Lipinski definition) is 5. The fourth-order valence-electron chi connectivity index (χ4n) is 1.72. The van der Waals surface area contributed by atoms with Crippen LogP contribution in [0.3, 0.4) is 0 Å². The van der Waals surface area contributed by atoms with E-state index in [0.29, 0.717) is 10.6 Å².